The number of rotatable bonds is 5. The lowest BCUT2D eigenvalue weighted by atomic mass is 10.0. The number of hydrogen-bond donors (Lipinski definition) is 1. The third-order valence-electron chi connectivity index (χ3n) is 4.88. The van der Waals surface area contributed by atoms with Crippen LogP contribution < -0.4 is 5.32 Å². The van der Waals surface area contributed by atoms with Crippen molar-refractivity contribution in [3.8, 4) is 22.6 Å². The largest absolute Gasteiger partial charge is 0.373 e. The number of ether oxygens (including phenoxy) is 1. The number of anilines is 1. The summed E-state index contributed by atoms with van der Waals surface area (Å²) in [6.07, 6.45) is 7.61. The van der Waals surface area contributed by atoms with Crippen LogP contribution in [0.1, 0.15) is 19.8 Å². The van der Waals surface area contributed by atoms with Gasteiger partial charge < -0.3 is 14.6 Å². The third-order valence-corrected chi connectivity index (χ3v) is 5.11. The van der Waals surface area contributed by atoms with Crippen LogP contribution in [0, 0.1) is 0 Å². The van der Waals surface area contributed by atoms with E-state index in [1.807, 2.05) is 48.3 Å². The summed E-state index contributed by atoms with van der Waals surface area (Å²) in [5.74, 6) is 1.34. The molecule has 1 fully saturated rings. The highest BCUT2D eigenvalue weighted by molar-refractivity contribution is 6.30. The van der Waals surface area contributed by atoms with E-state index in [2.05, 4.69) is 22.2 Å². The summed E-state index contributed by atoms with van der Waals surface area (Å²) >= 11 is 6.18. The van der Waals surface area contributed by atoms with E-state index in [1.54, 1.807) is 6.20 Å². The molecule has 0 saturated carbocycles. The lowest BCUT2D eigenvalue weighted by molar-refractivity contribution is 0.0314. The lowest BCUT2D eigenvalue weighted by Gasteiger charge is -2.23. The molecule has 0 amide bonds. The molecule has 3 heterocycles. The summed E-state index contributed by atoms with van der Waals surface area (Å²) in [5.41, 5.74) is 2.44. The van der Waals surface area contributed by atoms with Crippen LogP contribution in [0.3, 0.4) is 0 Å². The monoisotopic (exact) mass is 383 g/mol. The van der Waals surface area contributed by atoms with Gasteiger partial charge in [-0.15, -0.1) is 0 Å². The van der Waals surface area contributed by atoms with Gasteiger partial charge in [0.2, 0.25) is 5.95 Å². The Morgan fingerprint density at radius 1 is 1.33 bits per heavy atom. The van der Waals surface area contributed by atoms with Crippen molar-refractivity contribution in [3.05, 3.63) is 47.9 Å². The van der Waals surface area contributed by atoms with E-state index in [-0.39, 0.29) is 5.60 Å². The first-order valence-electron chi connectivity index (χ1n) is 9.03. The molecule has 0 spiro atoms. The van der Waals surface area contributed by atoms with Gasteiger partial charge in [-0.2, -0.15) is 0 Å². The van der Waals surface area contributed by atoms with Crippen molar-refractivity contribution >= 4 is 17.5 Å². The van der Waals surface area contributed by atoms with E-state index in [1.165, 1.54) is 0 Å². The maximum Gasteiger partial charge on any atom is 0.223 e. The molecule has 0 bridgehead atoms. The fourth-order valence-electron chi connectivity index (χ4n) is 3.34. The molecule has 4 rings (SSSR count). The molecule has 1 N–H and O–H groups in total. The van der Waals surface area contributed by atoms with E-state index < -0.39 is 0 Å². The number of aryl methyl sites for hydroxylation is 1. The highest BCUT2D eigenvalue weighted by Gasteiger charge is 2.29. The lowest BCUT2D eigenvalue weighted by Crippen LogP contribution is -2.33. The number of nitrogens with one attached hydrogen (secondary N) is 1. The molecule has 7 heteroatoms. The number of benzene rings is 1. The molecule has 1 aliphatic rings. The fourth-order valence-corrected chi connectivity index (χ4v) is 3.53. The second-order valence-corrected chi connectivity index (χ2v) is 7.52. The predicted molar refractivity (Wildman–Crippen MR) is 107 cm³/mol. The van der Waals surface area contributed by atoms with Crippen molar-refractivity contribution in [3.63, 3.8) is 0 Å². The second kappa shape index (κ2) is 7.29. The van der Waals surface area contributed by atoms with Gasteiger partial charge in [-0.3, -0.25) is 0 Å². The zero-order valence-electron chi connectivity index (χ0n) is 15.4. The first-order valence-corrected chi connectivity index (χ1v) is 9.40. The van der Waals surface area contributed by atoms with Gasteiger partial charge in [0.1, 0.15) is 5.69 Å². The summed E-state index contributed by atoms with van der Waals surface area (Å²) in [6.45, 7) is 3.60. The van der Waals surface area contributed by atoms with Gasteiger partial charge in [0.15, 0.2) is 5.82 Å². The van der Waals surface area contributed by atoms with E-state index in [0.29, 0.717) is 17.5 Å². The molecule has 0 radical (unpaired) electrons. The fraction of sp³-hybridized carbons (Fsp3) is 0.350. The summed E-state index contributed by atoms with van der Waals surface area (Å²) in [7, 11) is 1.95. The summed E-state index contributed by atoms with van der Waals surface area (Å²) in [5, 5.41) is 4.00. The topological polar surface area (TPSA) is 64.9 Å². The Bertz CT molecular complexity index is 949. The molecule has 140 valence electrons. The Labute approximate surface area is 163 Å². The van der Waals surface area contributed by atoms with Crippen LogP contribution in [0.4, 0.5) is 5.95 Å². The number of hydrogen-bond acceptors (Lipinski definition) is 5. The molecule has 0 aliphatic carbocycles. The third kappa shape index (κ3) is 3.82. The highest BCUT2D eigenvalue weighted by atomic mass is 35.5. The minimum absolute atomic E-state index is 0.168. The first kappa shape index (κ1) is 17.9. The molecule has 0 unspecified atom stereocenters. The van der Waals surface area contributed by atoms with Gasteiger partial charge in [-0.25, -0.2) is 15.0 Å². The van der Waals surface area contributed by atoms with Crippen LogP contribution in [0.5, 0.6) is 0 Å². The van der Waals surface area contributed by atoms with Crippen molar-refractivity contribution in [2.45, 2.75) is 25.4 Å². The number of imidazole rings is 1. The Morgan fingerprint density at radius 2 is 2.22 bits per heavy atom. The van der Waals surface area contributed by atoms with E-state index >= 15 is 0 Å². The van der Waals surface area contributed by atoms with Crippen LogP contribution in [-0.4, -0.2) is 38.3 Å². The molecule has 1 saturated heterocycles. The first-order chi connectivity index (χ1) is 13.0. The highest BCUT2D eigenvalue weighted by Crippen LogP contribution is 2.31. The molecule has 6 nitrogen and oxygen atoms in total. The Balaban J connectivity index is 1.71. The maximum absolute atomic E-state index is 6.18. The average Bonchev–Trinajstić information content (AvgIpc) is 3.29. The Morgan fingerprint density at radius 3 is 2.93 bits per heavy atom. The minimum atomic E-state index is -0.168. The molecule has 2 aromatic heterocycles. The second-order valence-electron chi connectivity index (χ2n) is 7.08. The normalized spacial score (nSPS) is 19.4. The molecular weight excluding hydrogens is 362 g/mol. The number of nitrogens with zero attached hydrogens (tertiary/aromatic N) is 4. The number of aromatic nitrogens is 4. The molecule has 3 aromatic rings. The molecule has 27 heavy (non-hydrogen) atoms. The van der Waals surface area contributed by atoms with Crippen LogP contribution in [-0.2, 0) is 11.8 Å². The van der Waals surface area contributed by atoms with Gasteiger partial charge >= 0.3 is 0 Å². The quantitative estimate of drug-likeness (QED) is 0.716. The van der Waals surface area contributed by atoms with E-state index in [9.17, 15) is 0 Å². The van der Waals surface area contributed by atoms with Crippen molar-refractivity contribution < 1.29 is 4.74 Å². The van der Waals surface area contributed by atoms with Crippen molar-refractivity contribution in [1.82, 2.24) is 19.5 Å². The van der Waals surface area contributed by atoms with Gasteiger partial charge in [-0.1, -0.05) is 23.7 Å². The van der Waals surface area contributed by atoms with E-state index in [0.717, 1.165) is 42.1 Å². The maximum atomic E-state index is 6.18. The summed E-state index contributed by atoms with van der Waals surface area (Å²) in [6, 6.07) is 7.68. The van der Waals surface area contributed by atoms with Crippen molar-refractivity contribution in [2.75, 3.05) is 18.5 Å². The van der Waals surface area contributed by atoms with Gasteiger partial charge in [0.05, 0.1) is 5.60 Å². The predicted octanol–water partition coefficient (Wildman–Crippen LogP) is 4.18. The standard InChI is InChI=1S/C20H22ClN5O/c1-20(7-4-10-27-20)13-24-19-23-12-16(14-5-3-6-15(21)11-14)17(25-19)18-22-8-9-26(18)2/h3,5-6,8-9,11-12H,4,7,10,13H2,1-2H3,(H,23,24,25)/t20-/m0/s1. The van der Waals surface area contributed by atoms with Gasteiger partial charge in [-0.05, 0) is 37.5 Å². The smallest absolute Gasteiger partial charge is 0.223 e. The van der Waals surface area contributed by atoms with Crippen LogP contribution >= 0.6 is 11.6 Å². The summed E-state index contributed by atoms with van der Waals surface area (Å²) in [4.78, 5) is 13.8. The molecule has 1 atom stereocenters. The number of halogens is 1. The zero-order chi connectivity index (χ0) is 18.9. The Kier molecular flexibility index (Phi) is 4.85. The van der Waals surface area contributed by atoms with Crippen LogP contribution in [0.2, 0.25) is 5.02 Å². The minimum Gasteiger partial charge on any atom is -0.373 e. The van der Waals surface area contributed by atoms with Crippen LogP contribution in [0.25, 0.3) is 22.6 Å². The van der Waals surface area contributed by atoms with Gasteiger partial charge in [0.25, 0.3) is 0 Å². The summed E-state index contributed by atoms with van der Waals surface area (Å²) < 4.78 is 7.79. The SMILES string of the molecule is Cn1ccnc1-c1nc(NC[C@]2(C)CCCO2)ncc1-c1cccc(Cl)c1. The molecular formula is C20H22ClN5O. The van der Waals surface area contributed by atoms with Crippen LogP contribution in [0.15, 0.2) is 42.9 Å². The van der Waals surface area contributed by atoms with Crippen molar-refractivity contribution in [1.29, 1.82) is 0 Å². The van der Waals surface area contributed by atoms with E-state index in [4.69, 9.17) is 21.3 Å². The average molecular weight is 384 g/mol. The molecule has 1 aromatic carbocycles. The van der Waals surface area contributed by atoms with Crippen molar-refractivity contribution in [2.24, 2.45) is 7.05 Å². The Hall–Kier alpha value is -2.44. The zero-order valence-corrected chi connectivity index (χ0v) is 16.2. The van der Waals surface area contributed by atoms with Gasteiger partial charge in [0, 0.05) is 49.4 Å². The molecule has 1 aliphatic heterocycles.